The highest BCUT2D eigenvalue weighted by Crippen LogP contribution is 2.33. The van der Waals surface area contributed by atoms with Crippen LogP contribution in [0, 0.1) is 26.6 Å². The number of rotatable bonds is 2. The summed E-state index contributed by atoms with van der Waals surface area (Å²) in [5.74, 6) is -0.334. The van der Waals surface area contributed by atoms with Crippen LogP contribution in [0.3, 0.4) is 0 Å². The number of aliphatic hydroxyl groups is 1. The van der Waals surface area contributed by atoms with Crippen LogP contribution in [0.25, 0.3) is 0 Å². The van der Waals surface area contributed by atoms with Crippen LogP contribution in [0.5, 0.6) is 0 Å². The number of benzene rings is 2. The Morgan fingerprint density at radius 1 is 0.947 bits per heavy atom. The molecule has 0 amide bonds. The molecule has 0 aromatic heterocycles. The summed E-state index contributed by atoms with van der Waals surface area (Å²) in [5, 5.41) is 10.8. The lowest BCUT2D eigenvalue weighted by molar-refractivity contribution is 0.101. The van der Waals surface area contributed by atoms with Crippen molar-refractivity contribution in [3.05, 3.63) is 70.0 Å². The van der Waals surface area contributed by atoms with Gasteiger partial charge in [0.05, 0.1) is 0 Å². The lowest BCUT2D eigenvalue weighted by Gasteiger charge is -2.27. The standard InChI is InChI=1S/C17H19FO/c1-11-8-13(3)16(9-12(11)2)17(4,19)14-6-5-7-15(18)10-14/h5-10,19H,1-4H3. The fraction of sp³-hybridized carbons (Fsp3) is 0.294. The van der Waals surface area contributed by atoms with E-state index >= 15 is 0 Å². The van der Waals surface area contributed by atoms with Gasteiger partial charge in [-0.1, -0.05) is 24.3 Å². The fourth-order valence-corrected chi connectivity index (χ4v) is 2.43. The van der Waals surface area contributed by atoms with Gasteiger partial charge in [0.25, 0.3) is 0 Å². The Labute approximate surface area is 113 Å². The minimum atomic E-state index is -1.19. The van der Waals surface area contributed by atoms with Gasteiger partial charge in [-0.05, 0) is 67.6 Å². The van der Waals surface area contributed by atoms with E-state index in [9.17, 15) is 9.50 Å². The lowest BCUT2D eigenvalue weighted by Crippen LogP contribution is -2.24. The van der Waals surface area contributed by atoms with Crippen molar-refractivity contribution in [1.29, 1.82) is 0 Å². The average Bonchev–Trinajstić information content (AvgIpc) is 2.33. The molecule has 0 heterocycles. The van der Waals surface area contributed by atoms with E-state index in [0.29, 0.717) is 5.56 Å². The summed E-state index contributed by atoms with van der Waals surface area (Å²) in [6.07, 6.45) is 0. The zero-order valence-corrected chi connectivity index (χ0v) is 11.8. The molecule has 0 aliphatic carbocycles. The van der Waals surface area contributed by atoms with Gasteiger partial charge in [-0.2, -0.15) is 0 Å². The molecule has 19 heavy (non-hydrogen) atoms. The molecule has 2 heteroatoms. The van der Waals surface area contributed by atoms with Crippen LogP contribution < -0.4 is 0 Å². The SMILES string of the molecule is Cc1cc(C)c(C(C)(O)c2cccc(F)c2)cc1C. The maximum Gasteiger partial charge on any atom is 0.123 e. The van der Waals surface area contributed by atoms with Crippen LogP contribution in [-0.4, -0.2) is 5.11 Å². The monoisotopic (exact) mass is 258 g/mol. The molecule has 1 N–H and O–H groups in total. The minimum Gasteiger partial charge on any atom is -0.381 e. The first-order valence-electron chi connectivity index (χ1n) is 6.39. The fourth-order valence-electron chi connectivity index (χ4n) is 2.43. The first kappa shape index (κ1) is 13.8. The first-order valence-corrected chi connectivity index (χ1v) is 6.39. The Morgan fingerprint density at radius 3 is 2.21 bits per heavy atom. The first-order chi connectivity index (χ1) is 8.82. The van der Waals surface area contributed by atoms with Crippen molar-refractivity contribution in [3.63, 3.8) is 0 Å². The number of hydrogen-bond donors (Lipinski definition) is 1. The van der Waals surface area contributed by atoms with Crippen molar-refractivity contribution in [1.82, 2.24) is 0 Å². The average molecular weight is 258 g/mol. The van der Waals surface area contributed by atoms with E-state index in [1.807, 2.05) is 26.8 Å². The molecular formula is C17H19FO. The van der Waals surface area contributed by atoms with Crippen LogP contribution >= 0.6 is 0 Å². The minimum absolute atomic E-state index is 0.334. The largest absolute Gasteiger partial charge is 0.381 e. The molecule has 1 atom stereocenters. The number of aryl methyl sites for hydroxylation is 3. The van der Waals surface area contributed by atoms with E-state index in [2.05, 4.69) is 6.07 Å². The summed E-state index contributed by atoms with van der Waals surface area (Å²) >= 11 is 0. The molecule has 0 radical (unpaired) electrons. The highest BCUT2D eigenvalue weighted by atomic mass is 19.1. The van der Waals surface area contributed by atoms with Crippen molar-refractivity contribution in [2.24, 2.45) is 0 Å². The predicted molar refractivity (Wildman–Crippen MR) is 75.7 cm³/mol. The molecular weight excluding hydrogens is 239 g/mol. The molecule has 0 aliphatic heterocycles. The van der Waals surface area contributed by atoms with Gasteiger partial charge in [-0.25, -0.2) is 4.39 Å². The Balaban J connectivity index is 2.59. The van der Waals surface area contributed by atoms with Gasteiger partial charge >= 0.3 is 0 Å². The third kappa shape index (κ3) is 2.54. The summed E-state index contributed by atoms with van der Waals surface area (Å²) in [6.45, 7) is 7.73. The number of hydrogen-bond acceptors (Lipinski definition) is 1. The van der Waals surface area contributed by atoms with E-state index < -0.39 is 5.60 Å². The summed E-state index contributed by atoms with van der Waals surface area (Å²) in [5.41, 5.74) is 3.52. The van der Waals surface area contributed by atoms with Crippen LogP contribution in [0.15, 0.2) is 36.4 Å². The molecule has 0 spiro atoms. The third-order valence-electron chi connectivity index (χ3n) is 3.75. The van der Waals surface area contributed by atoms with Crippen LogP contribution in [0.2, 0.25) is 0 Å². The zero-order valence-electron chi connectivity index (χ0n) is 11.8. The smallest absolute Gasteiger partial charge is 0.123 e. The molecule has 1 unspecified atom stereocenters. The van der Waals surface area contributed by atoms with Crippen LogP contribution in [-0.2, 0) is 5.60 Å². The topological polar surface area (TPSA) is 20.2 Å². The van der Waals surface area contributed by atoms with Gasteiger partial charge in [0, 0.05) is 0 Å². The lowest BCUT2D eigenvalue weighted by atomic mass is 9.84. The van der Waals surface area contributed by atoms with Crippen molar-refractivity contribution in [2.45, 2.75) is 33.3 Å². The third-order valence-corrected chi connectivity index (χ3v) is 3.75. The second kappa shape index (κ2) is 4.78. The molecule has 0 aliphatic rings. The van der Waals surface area contributed by atoms with Crippen LogP contribution in [0.1, 0.15) is 34.7 Å². The molecule has 2 aromatic carbocycles. The Hall–Kier alpha value is -1.67. The molecule has 100 valence electrons. The molecule has 0 saturated heterocycles. The molecule has 2 aromatic rings. The summed E-state index contributed by atoms with van der Waals surface area (Å²) in [4.78, 5) is 0. The van der Waals surface area contributed by atoms with Crippen molar-refractivity contribution < 1.29 is 9.50 Å². The molecule has 0 fully saturated rings. The van der Waals surface area contributed by atoms with Gasteiger partial charge in [0.1, 0.15) is 11.4 Å². The van der Waals surface area contributed by atoms with Crippen molar-refractivity contribution in [2.75, 3.05) is 0 Å². The van der Waals surface area contributed by atoms with Gasteiger partial charge in [0.2, 0.25) is 0 Å². The van der Waals surface area contributed by atoms with E-state index in [1.165, 1.54) is 17.7 Å². The quantitative estimate of drug-likeness (QED) is 0.863. The maximum absolute atomic E-state index is 13.3. The Bertz CT molecular complexity index is 615. The predicted octanol–water partition coefficient (Wildman–Crippen LogP) is 4.01. The summed E-state index contributed by atoms with van der Waals surface area (Å²) in [6, 6.07) is 10.2. The molecule has 0 bridgehead atoms. The summed E-state index contributed by atoms with van der Waals surface area (Å²) < 4.78 is 13.3. The van der Waals surface area contributed by atoms with Gasteiger partial charge < -0.3 is 5.11 Å². The molecule has 2 rings (SSSR count). The summed E-state index contributed by atoms with van der Waals surface area (Å²) in [7, 11) is 0. The molecule has 1 nitrogen and oxygen atoms in total. The van der Waals surface area contributed by atoms with Gasteiger partial charge in [0.15, 0.2) is 0 Å². The second-order valence-electron chi connectivity index (χ2n) is 5.33. The van der Waals surface area contributed by atoms with Crippen LogP contribution in [0.4, 0.5) is 4.39 Å². The molecule has 0 saturated carbocycles. The normalized spacial score (nSPS) is 14.2. The highest BCUT2D eigenvalue weighted by molar-refractivity contribution is 5.44. The van der Waals surface area contributed by atoms with Crippen molar-refractivity contribution in [3.8, 4) is 0 Å². The van der Waals surface area contributed by atoms with Crippen molar-refractivity contribution >= 4 is 0 Å². The van der Waals surface area contributed by atoms with E-state index in [-0.39, 0.29) is 5.82 Å². The maximum atomic E-state index is 13.3. The Morgan fingerprint density at radius 2 is 1.58 bits per heavy atom. The van der Waals surface area contributed by atoms with Gasteiger partial charge in [-0.3, -0.25) is 0 Å². The number of halogens is 1. The van der Waals surface area contributed by atoms with Gasteiger partial charge in [-0.15, -0.1) is 0 Å². The van der Waals surface area contributed by atoms with E-state index in [4.69, 9.17) is 0 Å². The van der Waals surface area contributed by atoms with E-state index in [0.717, 1.165) is 16.7 Å². The second-order valence-corrected chi connectivity index (χ2v) is 5.33. The zero-order chi connectivity index (χ0) is 14.2. The Kier molecular flexibility index (Phi) is 3.46. The highest BCUT2D eigenvalue weighted by Gasteiger charge is 2.28. The van der Waals surface area contributed by atoms with E-state index in [1.54, 1.807) is 19.1 Å².